The van der Waals surface area contributed by atoms with Crippen LogP contribution in [0.3, 0.4) is 0 Å². The minimum atomic E-state index is -1.82. The first kappa shape index (κ1) is 22.7. The quantitative estimate of drug-likeness (QED) is 0.583. The molecule has 1 aromatic carbocycles. The van der Waals surface area contributed by atoms with E-state index in [1.807, 2.05) is 32.9 Å². The van der Waals surface area contributed by atoms with E-state index in [1.54, 1.807) is 6.07 Å². The molecule has 0 radical (unpaired) electrons. The van der Waals surface area contributed by atoms with E-state index >= 15 is 0 Å². The van der Waals surface area contributed by atoms with Crippen molar-refractivity contribution in [1.29, 1.82) is 0 Å². The third-order valence-electron chi connectivity index (χ3n) is 3.26. The van der Waals surface area contributed by atoms with E-state index < -0.39 is 18.0 Å². The summed E-state index contributed by atoms with van der Waals surface area (Å²) in [4.78, 5) is 18.2. The van der Waals surface area contributed by atoms with Crippen molar-refractivity contribution in [3.05, 3.63) is 33.8 Å². The third-order valence-corrected chi connectivity index (χ3v) is 3.70. The molecule has 0 spiro atoms. The Morgan fingerprint density at radius 2 is 1.54 bits per heavy atom. The van der Waals surface area contributed by atoms with Crippen molar-refractivity contribution in [3.63, 3.8) is 0 Å². The first-order valence-corrected chi connectivity index (χ1v) is 7.95. The van der Waals surface area contributed by atoms with Crippen molar-refractivity contribution in [3.8, 4) is 0 Å². The highest BCUT2D eigenvalue weighted by Crippen LogP contribution is 2.30. The number of benzene rings is 1. The molecular weight excluding hydrogens is 357 g/mol. The number of halogens is 2. The van der Waals surface area contributed by atoms with Crippen molar-refractivity contribution in [2.24, 2.45) is 11.1 Å². The third kappa shape index (κ3) is 9.08. The SMILES string of the molecule is CC(N)CC(O)C(C)(C)Cc1cc(Cl)cc(Cl)c1.O=C(O)C(=O)O. The molecule has 2 atom stereocenters. The van der Waals surface area contributed by atoms with Crippen LogP contribution >= 0.6 is 23.2 Å². The number of hydrogen-bond donors (Lipinski definition) is 4. The summed E-state index contributed by atoms with van der Waals surface area (Å²) < 4.78 is 0. The molecular formula is C16H23Cl2NO5. The number of hydrogen-bond acceptors (Lipinski definition) is 4. The summed E-state index contributed by atoms with van der Waals surface area (Å²) in [6.45, 7) is 5.94. The largest absolute Gasteiger partial charge is 0.473 e. The van der Waals surface area contributed by atoms with Crippen molar-refractivity contribution in [2.75, 3.05) is 0 Å². The van der Waals surface area contributed by atoms with Gasteiger partial charge in [-0.15, -0.1) is 0 Å². The van der Waals surface area contributed by atoms with Gasteiger partial charge in [0.1, 0.15) is 0 Å². The van der Waals surface area contributed by atoms with Gasteiger partial charge in [-0.3, -0.25) is 0 Å². The summed E-state index contributed by atoms with van der Waals surface area (Å²) in [7, 11) is 0. The van der Waals surface area contributed by atoms with Gasteiger partial charge in [0.25, 0.3) is 0 Å². The second-order valence-corrected chi connectivity index (χ2v) is 7.16. The molecule has 6 nitrogen and oxygen atoms in total. The second kappa shape index (κ2) is 9.84. The Hall–Kier alpha value is -1.34. The Morgan fingerprint density at radius 3 is 1.88 bits per heavy atom. The summed E-state index contributed by atoms with van der Waals surface area (Å²) in [6.07, 6.45) is 0.845. The van der Waals surface area contributed by atoms with Gasteiger partial charge in [-0.05, 0) is 48.9 Å². The zero-order chi connectivity index (χ0) is 19.1. The highest BCUT2D eigenvalue weighted by molar-refractivity contribution is 6.34. The number of rotatable bonds is 5. The van der Waals surface area contributed by atoms with E-state index in [0.29, 0.717) is 22.9 Å². The zero-order valence-corrected chi connectivity index (χ0v) is 15.3. The van der Waals surface area contributed by atoms with Gasteiger partial charge in [-0.25, -0.2) is 9.59 Å². The maximum absolute atomic E-state index is 10.2. The molecule has 24 heavy (non-hydrogen) atoms. The average Bonchev–Trinajstić information content (AvgIpc) is 2.36. The van der Waals surface area contributed by atoms with Crippen molar-refractivity contribution >= 4 is 35.1 Å². The molecule has 0 saturated heterocycles. The van der Waals surface area contributed by atoms with Gasteiger partial charge in [-0.2, -0.15) is 0 Å². The van der Waals surface area contributed by atoms with Crippen LogP contribution in [0.2, 0.25) is 10.0 Å². The Kier molecular flexibility index (Phi) is 9.29. The Morgan fingerprint density at radius 1 is 1.12 bits per heavy atom. The van der Waals surface area contributed by atoms with Gasteiger partial charge in [0.05, 0.1) is 6.10 Å². The molecule has 2 unspecified atom stereocenters. The zero-order valence-electron chi connectivity index (χ0n) is 13.8. The van der Waals surface area contributed by atoms with E-state index in [4.69, 9.17) is 48.7 Å². The Bertz CT molecular complexity index is 543. The predicted octanol–water partition coefficient (Wildman–Crippen LogP) is 2.82. The van der Waals surface area contributed by atoms with E-state index in [0.717, 1.165) is 5.56 Å². The van der Waals surface area contributed by atoms with E-state index in [1.165, 1.54) is 0 Å². The molecule has 0 saturated carbocycles. The summed E-state index contributed by atoms with van der Waals surface area (Å²) in [5.74, 6) is -3.65. The molecule has 1 aromatic rings. The number of aliphatic hydroxyl groups excluding tert-OH is 1. The van der Waals surface area contributed by atoms with Crippen LogP contribution < -0.4 is 5.73 Å². The van der Waals surface area contributed by atoms with Gasteiger partial charge in [0.15, 0.2) is 0 Å². The highest BCUT2D eigenvalue weighted by Gasteiger charge is 2.28. The minimum Gasteiger partial charge on any atom is -0.473 e. The molecule has 0 fully saturated rings. The number of carbonyl (C=O) groups is 2. The standard InChI is InChI=1S/C14H21Cl2NO.C2H2O4/c1-9(17)4-13(18)14(2,3)8-10-5-11(15)7-12(16)6-10;3-1(4)2(5)6/h5-7,9,13,18H,4,8,17H2,1-3H3;(H,3,4)(H,5,6). The summed E-state index contributed by atoms with van der Waals surface area (Å²) in [5, 5.41) is 26.2. The van der Waals surface area contributed by atoms with Gasteiger partial charge < -0.3 is 21.1 Å². The van der Waals surface area contributed by atoms with E-state index in [2.05, 4.69) is 0 Å². The van der Waals surface area contributed by atoms with E-state index in [9.17, 15) is 5.11 Å². The van der Waals surface area contributed by atoms with Crippen LogP contribution in [0.4, 0.5) is 0 Å². The lowest BCUT2D eigenvalue weighted by molar-refractivity contribution is -0.159. The smallest absolute Gasteiger partial charge is 0.414 e. The molecule has 1 rings (SSSR count). The van der Waals surface area contributed by atoms with Crippen molar-refractivity contribution < 1.29 is 24.9 Å². The monoisotopic (exact) mass is 379 g/mol. The van der Waals surface area contributed by atoms with Crippen LogP contribution in [0.15, 0.2) is 18.2 Å². The number of nitrogens with two attached hydrogens (primary N) is 1. The van der Waals surface area contributed by atoms with Crippen molar-refractivity contribution in [1.82, 2.24) is 0 Å². The second-order valence-electron chi connectivity index (χ2n) is 6.28. The molecule has 5 N–H and O–H groups in total. The van der Waals surface area contributed by atoms with Gasteiger partial charge >= 0.3 is 11.9 Å². The summed E-state index contributed by atoms with van der Waals surface area (Å²) in [6, 6.07) is 5.46. The fraction of sp³-hybridized carbons (Fsp3) is 0.500. The first-order valence-electron chi connectivity index (χ1n) is 7.20. The van der Waals surface area contributed by atoms with Gasteiger partial charge in [0.2, 0.25) is 0 Å². The first-order chi connectivity index (χ1) is 10.8. The number of aliphatic hydroxyl groups is 1. The number of carboxylic acids is 2. The van der Waals surface area contributed by atoms with Crippen LogP contribution in [0, 0.1) is 5.41 Å². The highest BCUT2D eigenvalue weighted by atomic mass is 35.5. The molecule has 0 aliphatic rings. The maximum atomic E-state index is 10.2. The molecule has 0 aliphatic carbocycles. The Balaban J connectivity index is 0.000000754. The molecule has 8 heteroatoms. The van der Waals surface area contributed by atoms with Crippen LogP contribution in [0.5, 0.6) is 0 Å². The Labute approximate surface area is 151 Å². The molecule has 0 bridgehead atoms. The topological polar surface area (TPSA) is 121 Å². The maximum Gasteiger partial charge on any atom is 0.414 e. The van der Waals surface area contributed by atoms with Crippen LogP contribution in [0.25, 0.3) is 0 Å². The molecule has 136 valence electrons. The lowest BCUT2D eigenvalue weighted by Crippen LogP contribution is -2.36. The molecule has 0 aliphatic heterocycles. The van der Waals surface area contributed by atoms with Crippen LogP contribution in [0.1, 0.15) is 32.8 Å². The minimum absolute atomic E-state index is 0.0118. The lowest BCUT2D eigenvalue weighted by Gasteiger charge is -2.32. The predicted molar refractivity (Wildman–Crippen MR) is 93.5 cm³/mol. The molecule has 0 aromatic heterocycles. The van der Waals surface area contributed by atoms with Crippen molar-refractivity contribution in [2.45, 2.75) is 45.8 Å². The van der Waals surface area contributed by atoms with Crippen LogP contribution in [-0.4, -0.2) is 39.4 Å². The summed E-state index contributed by atoms with van der Waals surface area (Å²) >= 11 is 12.0. The van der Waals surface area contributed by atoms with Gasteiger partial charge in [0, 0.05) is 16.1 Å². The average molecular weight is 380 g/mol. The number of aliphatic carboxylic acids is 2. The normalized spacial score (nSPS) is 13.5. The van der Waals surface area contributed by atoms with E-state index in [-0.39, 0.29) is 11.5 Å². The number of carboxylic acid groups (broad SMARTS) is 2. The fourth-order valence-corrected chi connectivity index (χ4v) is 2.60. The summed E-state index contributed by atoms with van der Waals surface area (Å²) in [5.41, 5.74) is 6.50. The van der Waals surface area contributed by atoms with Crippen LogP contribution in [-0.2, 0) is 16.0 Å². The molecule has 0 heterocycles. The molecule has 0 amide bonds. The van der Waals surface area contributed by atoms with Gasteiger partial charge in [-0.1, -0.05) is 37.0 Å². The lowest BCUT2D eigenvalue weighted by atomic mass is 9.78. The fourth-order valence-electron chi connectivity index (χ4n) is 2.03.